The topological polar surface area (TPSA) is 22.1 Å². The summed E-state index contributed by atoms with van der Waals surface area (Å²) in [6.07, 6.45) is 1.77. The Morgan fingerprint density at radius 3 is 2.73 bits per heavy atom. The SMILES string of the molecule is COc1ccc(Br)cc1-c1ccccn1. The van der Waals surface area contributed by atoms with Crippen molar-refractivity contribution in [1.29, 1.82) is 0 Å². The number of aromatic nitrogens is 1. The quantitative estimate of drug-likeness (QED) is 0.827. The van der Waals surface area contributed by atoms with Crippen LogP contribution in [0.5, 0.6) is 5.75 Å². The number of benzene rings is 1. The standard InChI is InChI=1S/C12H10BrNO/c1-15-12-6-5-9(13)8-10(12)11-4-2-3-7-14-11/h2-8H,1H3. The highest BCUT2D eigenvalue weighted by molar-refractivity contribution is 9.10. The van der Waals surface area contributed by atoms with E-state index in [0.29, 0.717) is 0 Å². The molecule has 0 saturated carbocycles. The van der Waals surface area contributed by atoms with Crippen molar-refractivity contribution >= 4 is 15.9 Å². The summed E-state index contributed by atoms with van der Waals surface area (Å²) in [6.45, 7) is 0. The third-order valence-corrected chi connectivity index (χ3v) is 2.60. The second-order valence-corrected chi connectivity index (χ2v) is 3.98. The molecule has 0 aliphatic rings. The van der Waals surface area contributed by atoms with E-state index in [4.69, 9.17) is 4.74 Å². The van der Waals surface area contributed by atoms with E-state index in [1.54, 1.807) is 13.3 Å². The van der Waals surface area contributed by atoms with E-state index in [9.17, 15) is 0 Å². The third-order valence-electron chi connectivity index (χ3n) is 2.10. The molecule has 0 bridgehead atoms. The summed E-state index contributed by atoms with van der Waals surface area (Å²) in [5.41, 5.74) is 1.91. The molecule has 0 saturated heterocycles. The number of pyridine rings is 1. The minimum Gasteiger partial charge on any atom is -0.496 e. The van der Waals surface area contributed by atoms with Crippen LogP contribution in [0.15, 0.2) is 47.1 Å². The molecule has 3 heteroatoms. The Labute approximate surface area is 97.1 Å². The molecule has 1 heterocycles. The van der Waals surface area contributed by atoms with E-state index in [1.165, 1.54) is 0 Å². The van der Waals surface area contributed by atoms with E-state index in [-0.39, 0.29) is 0 Å². The summed E-state index contributed by atoms with van der Waals surface area (Å²) >= 11 is 3.44. The predicted octanol–water partition coefficient (Wildman–Crippen LogP) is 3.52. The molecule has 0 spiro atoms. The van der Waals surface area contributed by atoms with Crippen molar-refractivity contribution in [3.63, 3.8) is 0 Å². The van der Waals surface area contributed by atoms with E-state index in [1.807, 2.05) is 36.4 Å². The molecule has 0 aliphatic carbocycles. The molecule has 0 fully saturated rings. The van der Waals surface area contributed by atoms with Crippen molar-refractivity contribution in [3.8, 4) is 17.0 Å². The maximum Gasteiger partial charge on any atom is 0.128 e. The first-order valence-corrected chi connectivity index (χ1v) is 5.35. The lowest BCUT2D eigenvalue weighted by atomic mass is 10.1. The van der Waals surface area contributed by atoms with Crippen molar-refractivity contribution in [2.24, 2.45) is 0 Å². The molecule has 2 nitrogen and oxygen atoms in total. The second kappa shape index (κ2) is 4.45. The van der Waals surface area contributed by atoms with Crippen molar-refractivity contribution < 1.29 is 4.74 Å². The van der Waals surface area contributed by atoms with Crippen LogP contribution in [0.4, 0.5) is 0 Å². The number of rotatable bonds is 2. The molecular formula is C12H10BrNO. The number of hydrogen-bond donors (Lipinski definition) is 0. The average Bonchev–Trinajstić information content (AvgIpc) is 2.30. The lowest BCUT2D eigenvalue weighted by Crippen LogP contribution is -1.89. The Balaban J connectivity index is 2.56. The number of ether oxygens (including phenoxy) is 1. The van der Waals surface area contributed by atoms with Crippen LogP contribution in [0.25, 0.3) is 11.3 Å². The second-order valence-electron chi connectivity index (χ2n) is 3.06. The van der Waals surface area contributed by atoms with Gasteiger partial charge in [0.05, 0.1) is 12.8 Å². The van der Waals surface area contributed by atoms with Gasteiger partial charge in [-0.15, -0.1) is 0 Å². The Hall–Kier alpha value is -1.35. The minimum atomic E-state index is 0.830. The molecule has 1 aromatic carbocycles. The summed E-state index contributed by atoms with van der Waals surface area (Å²) < 4.78 is 6.31. The van der Waals surface area contributed by atoms with Crippen LogP contribution in [0.3, 0.4) is 0 Å². The normalized spacial score (nSPS) is 10.0. The zero-order chi connectivity index (χ0) is 10.7. The van der Waals surface area contributed by atoms with Crippen LogP contribution in [0.1, 0.15) is 0 Å². The Bertz CT molecular complexity index is 456. The molecule has 2 rings (SSSR count). The summed E-state index contributed by atoms with van der Waals surface area (Å²) in [5.74, 6) is 0.830. The zero-order valence-electron chi connectivity index (χ0n) is 8.27. The van der Waals surface area contributed by atoms with Crippen LogP contribution in [-0.4, -0.2) is 12.1 Å². The van der Waals surface area contributed by atoms with Gasteiger partial charge in [-0.25, -0.2) is 0 Å². The first kappa shape index (κ1) is 10.2. The molecular weight excluding hydrogens is 254 g/mol. The van der Waals surface area contributed by atoms with Crippen molar-refractivity contribution in [3.05, 3.63) is 47.1 Å². The monoisotopic (exact) mass is 263 g/mol. The molecule has 15 heavy (non-hydrogen) atoms. The molecule has 0 N–H and O–H groups in total. The third kappa shape index (κ3) is 2.18. The molecule has 76 valence electrons. The van der Waals surface area contributed by atoms with Gasteiger partial charge < -0.3 is 4.74 Å². The molecule has 0 unspecified atom stereocenters. The smallest absolute Gasteiger partial charge is 0.128 e. The van der Waals surface area contributed by atoms with Gasteiger partial charge in [-0.3, -0.25) is 4.98 Å². The fraction of sp³-hybridized carbons (Fsp3) is 0.0833. The summed E-state index contributed by atoms with van der Waals surface area (Å²) in [5, 5.41) is 0. The van der Waals surface area contributed by atoms with Gasteiger partial charge in [0, 0.05) is 16.2 Å². The highest BCUT2D eigenvalue weighted by atomic mass is 79.9. The highest BCUT2D eigenvalue weighted by Gasteiger charge is 2.06. The van der Waals surface area contributed by atoms with Gasteiger partial charge >= 0.3 is 0 Å². The summed E-state index contributed by atoms with van der Waals surface area (Å²) in [7, 11) is 1.66. The number of methoxy groups -OCH3 is 1. The van der Waals surface area contributed by atoms with E-state index in [0.717, 1.165) is 21.5 Å². The van der Waals surface area contributed by atoms with E-state index in [2.05, 4.69) is 20.9 Å². The first-order valence-electron chi connectivity index (χ1n) is 4.56. The maximum absolute atomic E-state index is 5.29. The molecule has 2 aromatic rings. The van der Waals surface area contributed by atoms with Crippen molar-refractivity contribution in [1.82, 2.24) is 4.98 Å². The van der Waals surface area contributed by atoms with Gasteiger partial charge in [-0.1, -0.05) is 22.0 Å². The van der Waals surface area contributed by atoms with Crippen LogP contribution < -0.4 is 4.74 Å². The predicted molar refractivity (Wildman–Crippen MR) is 63.9 cm³/mol. The summed E-state index contributed by atoms with van der Waals surface area (Å²) in [4.78, 5) is 4.30. The van der Waals surface area contributed by atoms with Crippen molar-refractivity contribution in [2.45, 2.75) is 0 Å². The largest absolute Gasteiger partial charge is 0.496 e. The van der Waals surface area contributed by atoms with Gasteiger partial charge in [0.25, 0.3) is 0 Å². The summed E-state index contributed by atoms with van der Waals surface area (Å²) in [6, 6.07) is 11.7. The number of hydrogen-bond acceptors (Lipinski definition) is 2. The molecule has 1 aromatic heterocycles. The Morgan fingerprint density at radius 1 is 1.20 bits per heavy atom. The fourth-order valence-electron chi connectivity index (χ4n) is 1.40. The average molecular weight is 264 g/mol. The fourth-order valence-corrected chi connectivity index (χ4v) is 1.76. The lowest BCUT2D eigenvalue weighted by molar-refractivity contribution is 0.416. The first-order chi connectivity index (χ1) is 7.31. The van der Waals surface area contributed by atoms with Gasteiger partial charge in [0.15, 0.2) is 0 Å². The van der Waals surface area contributed by atoms with E-state index >= 15 is 0 Å². The van der Waals surface area contributed by atoms with Gasteiger partial charge in [-0.05, 0) is 30.3 Å². The number of halogens is 1. The zero-order valence-corrected chi connectivity index (χ0v) is 9.86. The van der Waals surface area contributed by atoms with Gasteiger partial charge in [0.1, 0.15) is 5.75 Å². The van der Waals surface area contributed by atoms with E-state index < -0.39 is 0 Å². The Kier molecular flexibility index (Phi) is 3.02. The van der Waals surface area contributed by atoms with Crippen LogP contribution in [0, 0.1) is 0 Å². The van der Waals surface area contributed by atoms with Crippen LogP contribution >= 0.6 is 15.9 Å². The molecule has 0 aliphatic heterocycles. The maximum atomic E-state index is 5.29. The van der Waals surface area contributed by atoms with Gasteiger partial charge in [-0.2, -0.15) is 0 Å². The molecule has 0 atom stereocenters. The van der Waals surface area contributed by atoms with Crippen molar-refractivity contribution in [2.75, 3.05) is 7.11 Å². The van der Waals surface area contributed by atoms with Crippen LogP contribution in [0.2, 0.25) is 0 Å². The van der Waals surface area contributed by atoms with Gasteiger partial charge in [0.2, 0.25) is 0 Å². The lowest BCUT2D eigenvalue weighted by Gasteiger charge is -2.07. The minimum absolute atomic E-state index is 0.830. The van der Waals surface area contributed by atoms with Crippen LogP contribution in [-0.2, 0) is 0 Å². The highest BCUT2D eigenvalue weighted by Crippen LogP contribution is 2.30. The molecule has 0 amide bonds. The molecule has 0 radical (unpaired) electrons. The number of nitrogens with zero attached hydrogens (tertiary/aromatic N) is 1. The Morgan fingerprint density at radius 2 is 2.07 bits per heavy atom.